The summed E-state index contributed by atoms with van der Waals surface area (Å²) in [6.45, 7) is -0.0878. The van der Waals surface area contributed by atoms with Crippen molar-refractivity contribution in [1.82, 2.24) is 4.90 Å². The second-order valence-corrected chi connectivity index (χ2v) is 11.6. The van der Waals surface area contributed by atoms with Gasteiger partial charge < -0.3 is 9.64 Å². The molecule has 166 valence electrons. The second kappa shape index (κ2) is 9.53. The molecule has 0 spiro atoms. The third-order valence-corrected chi connectivity index (χ3v) is 8.91. The van der Waals surface area contributed by atoms with E-state index >= 15 is 0 Å². The fraction of sp³-hybridized carbons (Fsp3) is 0.478. The van der Waals surface area contributed by atoms with Crippen molar-refractivity contribution < 1.29 is 22.7 Å². The minimum Gasteiger partial charge on any atom is -0.451 e. The van der Waals surface area contributed by atoms with Crippen molar-refractivity contribution >= 4 is 33.1 Å². The highest BCUT2D eigenvalue weighted by Crippen LogP contribution is 2.29. The third kappa shape index (κ3) is 5.54. The van der Waals surface area contributed by atoms with Crippen LogP contribution in [-0.4, -0.2) is 49.3 Å². The molecular weight excluding hydrogens is 434 g/mol. The number of sulfone groups is 1. The molecule has 1 atom stereocenters. The quantitative estimate of drug-likeness (QED) is 0.487. The number of rotatable bonds is 6. The van der Waals surface area contributed by atoms with Crippen LogP contribution in [0, 0.1) is 0 Å². The molecule has 1 aromatic carbocycles. The van der Waals surface area contributed by atoms with Crippen molar-refractivity contribution in [3.05, 3.63) is 57.3 Å². The minimum absolute atomic E-state index is 0.0445. The van der Waals surface area contributed by atoms with Crippen LogP contribution in [0.5, 0.6) is 0 Å². The number of esters is 1. The van der Waals surface area contributed by atoms with E-state index in [4.69, 9.17) is 4.74 Å². The first-order valence-electron chi connectivity index (χ1n) is 10.7. The van der Waals surface area contributed by atoms with Crippen molar-refractivity contribution in [3.8, 4) is 0 Å². The number of fused-ring (bicyclic) bond motifs is 1. The van der Waals surface area contributed by atoms with Crippen molar-refractivity contribution in [3.63, 3.8) is 0 Å². The molecule has 1 saturated heterocycles. The summed E-state index contributed by atoms with van der Waals surface area (Å²) in [5, 5.41) is 0. The summed E-state index contributed by atoms with van der Waals surface area (Å²) in [5.74, 6) is -0.809. The second-order valence-electron chi connectivity index (χ2n) is 8.26. The zero-order chi connectivity index (χ0) is 21.8. The molecule has 8 heteroatoms. The van der Waals surface area contributed by atoms with Gasteiger partial charge in [-0.2, -0.15) is 0 Å². The fourth-order valence-electron chi connectivity index (χ4n) is 4.27. The lowest BCUT2D eigenvalue weighted by Gasteiger charge is -2.28. The molecule has 0 N–H and O–H groups in total. The lowest BCUT2D eigenvalue weighted by Crippen LogP contribution is -2.42. The molecule has 1 fully saturated rings. The van der Waals surface area contributed by atoms with E-state index < -0.39 is 21.8 Å². The number of hydrogen-bond acceptors (Lipinski definition) is 6. The Morgan fingerprint density at radius 2 is 1.87 bits per heavy atom. The van der Waals surface area contributed by atoms with Gasteiger partial charge in [0.05, 0.1) is 11.5 Å². The standard InChI is InChI=1S/C23H27NO5S2/c25-22(15-29-23(26)21-13-18-9-5-2-6-10-20(18)30-21)24(14-17-7-3-1-4-8-17)19-11-12-31(27,28)16-19/h1,3-4,7-8,13,19H,2,5-6,9-12,14-16H2. The molecule has 2 aliphatic rings. The predicted octanol–water partition coefficient (Wildman–Crippen LogP) is 3.39. The Bertz CT molecular complexity index is 1020. The van der Waals surface area contributed by atoms with Gasteiger partial charge in [-0.05, 0) is 49.3 Å². The van der Waals surface area contributed by atoms with Gasteiger partial charge in [-0.15, -0.1) is 11.3 Å². The van der Waals surface area contributed by atoms with Gasteiger partial charge >= 0.3 is 5.97 Å². The molecule has 6 nitrogen and oxygen atoms in total. The van der Waals surface area contributed by atoms with Gasteiger partial charge in [0.2, 0.25) is 0 Å². The van der Waals surface area contributed by atoms with Crippen LogP contribution >= 0.6 is 11.3 Å². The van der Waals surface area contributed by atoms with Gasteiger partial charge in [-0.25, -0.2) is 13.2 Å². The summed E-state index contributed by atoms with van der Waals surface area (Å²) in [6.07, 6.45) is 5.87. The monoisotopic (exact) mass is 461 g/mol. The third-order valence-electron chi connectivity index (χ3n) is 5.94. The van der Waals surface area contributed by atoms with Crippen LogP contribution in [0.25, 0.3) is 0 Å². The Morgan fingerprint density at radius 3 is 2.61 bits per heavy atom. The highest BCUT2D eigenvalue weighted by Gasteiger charge is 2.35. The molecule has 1 aliphatic carbocycles. The van der Waals surface area contributed by atoms with Gasteiger partial charge in [0.15, 0.2) is 16.4 Å². The van der Waals surface area contributed by atoms with E-state index in [1.54, 1.807) is 4.90 Å². The Kier molecular flexibility index (Phi) is 6.77. The highest BCUT2D eigenvalue weighted by molar-refractivity contribution is 7.91. The summed E-state index contributed by atoms with van der Waals surface area (Å²) in [6, 6.07) is 11.0. The lowest BCUT2D eigenvalue weighted by molar-refractivity contribution is -0.137. The van der Waals surface area contributed by atoms with Gasteiger partial charge in [0.25, 0.3) is 5.91 Å². The number of carbonyl (C=O) groups is 2. The van der Waals surface area contributed by atoms with Gasteiger partial charge in [-0.1, -0.05) is 36.8 Å². The van der Waals surface area contributed by atoms with Crippen molar-refractivity contribution in [2.75, 3.05) is 18.1 Å². The number of thiophene rings is 1. The normalized spacial score (nSPS) is 19.9. The lowest BCUT2D eigenvalue weighted by atomic mass is 10.1. The van der Waals surface area contributed by atoms with Crippen LogP contribution in [0.4, 0.5) is 0 Å². The topological polar surface area (TPSA) is 80.8 Å². The molecule has 1 amide bonds. The van der Waals surface area contributed by atoms with Crippen LogP contribution < -0.4 is 0 Å². The molecule has 1 unspecified atom stereocenters. The Balaban J connectivity index is 1.42. The SMILES string of the molecule is O=C(OCC(=O)N(Cc1ccccc1)C1CCS(=O)(=O)C1)c1cc2c(s1)CCCCC2. The molecule has 0 radical (unpaired) electrons. The molecule has 2 aromatic rings. The van der Waals surface area contributed by atoms with Crippen LogP contribution in [0.2, 0.25) is 0 Å². The van der Waals surface area contributed by atoms with E-state index in [2.05, 4.69) is 0 Å². The summed E-state index contributed by atoms with van der Waals surface area (Å²) in [5.41, 5.74) is 2.14. The molecule has 0 bridgehead atoms. The predicted molar refractivity (Wildman–Crippen MR) is 120 cm³/mol. The molecule has 1 aromatic heterocycles. The first-order chi connectivity index (χ1) is 14.9. The summed E-state index contributed by atoms with van der Waals surface area (Å²) < 4.78 is 29.3. The zero-order valence-electron chi connectivity index (χ0n) is 17.4. The zero-order valence-corrected chi connectivity index (χ0v) is 19.1. The number of carbonyl (C=O) groups excluding carboxylic acids is 2. The van der Waals surface area contributed by atoms with Crippen LogP contribution in [0.15, 0.2) is 36.4 Å². The maximum atomic E-state index is 13.0. The summed E-state index contributed by atoms with van der Waals surface area (Å²) >= 11 is 1.47. The Morgan fingerprint density at radius 1 is 1.10 bits per heavy atom. The first kappa shape index (κ1) is 22.0. The van der Waals surface area contributed by atoms with Crippen LogP contribution in [0.1, 0.15) is 51.4 Å². The van der Waals surface area contributed by atoms with Crippen molar-refractivity contribution in [1.29, 1.82) is 0 Å². The number of ether oxygens (including phenoxy) is 1. The number of nitrogens with zero attached hydrogens (tertiary/aromatic N) is 1. The van der Waals surface area contributed by atoms with E-state index in [9.17, 15) is 18.0 Å². The average Bonchev–Trinajstić information content (AvgIpc) is 3.26. The van der Waals surface area contributed by atoms with Gasteiger partial charge in [0, 0.05) is 17.5 Å². The van der Waals surface area contributed by atoms with E-state index in [0.29, 0.717) is 17.8 Å². The minimum atomic E-state index is -3.15. The van der Waals surface area contributed by atoms with Crippen molar-refractivity contribution in [2.45, 2.75) is 51.1 Å². The highest BCUT2D eigenvalue weighted by atomic mass is 32.2. The number of hydrogen-bond donors (Lipinski definition) is 0. The number of benzene rings is 1. The first-order valence-corrected chi connectivity index (χ1v) is 13.4. The maximum absolute atomic E-state index is 13.0. The average molecular weight is 462 g/mol. The van der Waals surface area contributed by atoms with Crippen molar-refractivity contribution in [2.24, 2.45) is 0 Å². The van der Waals surface area contributed by atoms with Gasteiger partial charge in [-0.3, -0.25) is 4.79 Å². The molecule has 31 heavy (non-hydrogen) atoms. The van der Waals surface area contributed by atoms with E-state index in [1.807, 2.05) is 36.4 Å². The number of aryl methyl sites for hydroxylation is 2. The van der Waals surface area contributed by atoms with E-state index in [-0.39, 0.29) is 24.0 Å². The Hall–Kier alpha value is -2.19. The van der Waals surface area contributed by atoms with Crippen LogP contribution in [0.3, 0.4) is 0 Å². The Labute approximate surface area is 187 Å². The van der Waals surface area contributed by atoms with Crippen LogP contribution in [-0.2, 0) is 38.8 Å². The molecule has 2 heterocycles. The number of amides is 1. The summed E-state index contributed by atoms with van der Waals surface area (Å²) in [7, 11) is -3.15. The molecule has 4 rings (SSSR count). The largest absolute Gasteiger partial charge is 0.451 e. The molecule has 1 aliphatic heterocycles. The van der Waals surface area contributed by atoms with Gasteiger partial charge in [0.1, 0.15) is 4.88 Å². The summed E-state index contributed by atoms with van der Waals surface area (Å²) in [4.78, 5) is 28.9. The van der Waals surface area contributed by atoms with E-state index in [1.165, 1.54) is 28.2 Å². The smallest absolute Gasteiger partial charge is 0.348 e. The fourth-order valence-corrected chi connectivity index (χ4v) is 7.15. The van der Waals surface area contributed by atoms with E-state index in [0.717, 1.165) is 31.2 Å². The molecular formula is C23H27NO5S2. The maximum Gasteiger partial charge on any atom is 0.348 e. The molecule has 0 saturated carbocycles.